The Hall–Kier alpha value is -1.75. The van der Waals surface area contributed by atoms with E-state index in [1.54, 1.807) is 7.05 Å². The third-order valence-electron chi connectivity index (χ3n) is 3.40. The lowest BCUT2D eigenvalue weighted by atomic mass is 9.86. The number of aromatic amines is 1. The van der Waals surface area contributed by atoms with Gasteiger partial charge in [-0.15, -0.1) is 0 Å². The number of ether oxygens (including phenoxy) is 1. The molecule has 0 atom stereocenters. The first-order valence-electron chi connectivity index (χ1n) is 6.74. The van der Waals surface area contributed by atoms with Gasteiger partial charge in [-0.2, -0.15) is 5.10 Å². The van der Waals surface area contributed by atoms with Crippen molar-refractivity contribution in [3.05, 3.63) is 44.6 Å². The van der Waals surface area contributed by atoms with E-state index in [1.807, 2.05) is 19.1 Å². The smallest absolute Gasteiger partial charge is 0.343 e. The minimum atomic E-state index is -0.253. The number of rotatable bonds is 3. The van der Waals surface area contributed by atoms with Crippen molar-refractivity contribution in [1.29, 1.82) is 0 Å². The summed E-state index contributed by atoms with van der Waals surface area (Å²) >= 11 is 6.22. The number of nitrogens with zero attached hydrogens (tertiary/aromatic N) is 2. The molecule has 2 aromatic rings. The van der Waals surface area contributed by atoms with Crippen LogP contribution in [0.15, 0.2) is 16.9 Å². The fourth-order valence-corrected chi connectivity index (χ4v) is 2.18. The highest BCUT2D eigenvalue weighted by molar-refractivity contribution is 6.31. The second-order valence-electron chi connectivity index (χ2n) is 6.14. The molecule has 0 aliphatic heterocycles. The average molecular weight is 310 g/mol. The molecule has 1 N–H and O–H groups in total. The van der Waals surface area contributed by atoms with Crippen LogP contribution < -0.4 is 10.4 Å². The van der Waals surface area contributed by atoms with Crippen LogP contribution in [0.5, 0.6) is 5.75 Å². The van der Waals surface area contributed by atoms with Crippen molar-refractivity contribution in [2.24, 2.45) is 7.05 Å². The third kappa shape index (κ3) is 3.29. The summed E-state index contributed by atoms with van der Waals surface area (Å²) in [6, 6.07) is 3.86. The van der Waals surface area contributed by atoms with Gasteiger partial charge in [0.25, 0.3) is 0 Å². The maximum Gasteiger partial charge on any atom is 0.343 e. The molecular weight excluding hydrogens is 290 g/mol. The summed E-state index contributed by atoms with van der Waals surface area (Å²) in [5, 5.41) is 7.05. The first-order valence-corrected chi connectivity index (χ1v) is 7.11. The van der Waals surface area contributed by atoms with Crippen LogP contribution in [0, 0.1) is 6.92 Å². The summed E-state index contributed by atoms with van der Waals surface area (Å²) in [6.07, 6.45) is 0. The molecule has 0 unspecified atom stereocenters. The quantitative estimate of drug-likeness (QED) is 0.948. The fourth-order valence-electron chi connectivity index (χ4n) is 2.01. The van der Waals surface area contributed by atoms with Crippen molar-refractivity contribution in [1.82, 2.24) is 14.8 Å². The molecule has 2 rings (SSSR count). The summed E-state index contributed by atoms with van der Waals surface area (Å²) in [6.45, 7) is 8.47. The zero-order chi connectivity index (χ0) is 15.8. The SMILES string of the molecule is Cc1cc(OCc2n[nH]c(=O)n2C)c(C(C)(C)C)cc1Cl. The Morgan fingerprint density at radius 1 is 1.38 bits per heavy atom. The molecule has 0 aliphatic rings. The topological polar surface area (TPSA) is 59.9 Å². The van der Waals surface area contributed by atoms with Crippen LogP contribution in [0.25, 0.3) is 0 Å². The molecule has 21 heavy (non-hydrogen) atoms. The normalized spacial score (nSPS) is 11.7. The number of hydrogen-bond donors (Lipinski definition) is 1. The molecule has 0 saturated carbocycles. The van der Waals surface area contributed by atoms with Crippen LogP contribution in [0.3, 0.4) is 0 Å². The van der Waals surface area contributed by atoms with Crippen molar-refractivity contribution in [2.45, 2.75) is 39.7 Å². The molecule has 5 nitrogen and oxygen atoms in total. The van der Waals surface area contributed by atoms with Crippen LogP contribution in [-0.4, -0.2) is 14.8 Å². The second kappa shape index (κ2) is 5.56. The van der Waals surface area contributed by atoms with Crippen LogP contribution in [0.2, 0.25) is 5.02 Å². The molecule has 114 valence electrons. The van der Waals surface area contributed by atoms with Gasteiger partial charge in [-0.3, -0.25) is 4.57 Å². The molecule has 1 heterocycles. The first-order chi connectivity index (χ1) is 9.70. The van der Waals surface area contributed by atoms with Crippen LogP contribution in [0.4, 0.5) is 0 Å². The molecule has 0 aliphatic carbocycles. The van der Waals surface area contributed by atoms with Crippen molar-refractivity contribution < 1.29 is 4.74 Å². The van der Waals surface area contributed by atoms with Crippen molar-refractivity contribution in [2.75, 3.05) is 0 Å². The van der Waals surface area contributed by atoms with Gasteiger partial charge in [-0.25, -0.2) is 9.89 Å². The second-order valence-corrected chi connectivity index (χ2v) is 6.55. The van der Waals surface area contributed by atoms with Gasteiger partial charge < -0.3 is 4.74 Å². The van der Waals surface area contributed by atoms with Crippen LogP contribution in [-0.2, 0) is 19.1 Å². The Bertz CT molecular complexity index is 711. The maximum atomic E-state index is 11.3. The largest absolute Gasteiger partial charge is 0.485 e. The van der Waals surface area contributed by atoms with E-state index in [2.05, 4.69) is 31.0 Å². The number of nitrogens with one attached hydrogen (secondary N) is 1. The van der Waals surface area contributed by atoms with Gasteiger partial charge >= 0.3 is 5.69 Å². The van der Waals surface area contributed by atoms with Gasteiger partial charge in [-0.05, 0) is 30.0 Å². The molecule has 0 spiro atoms. The fraction of sp³-hybridized carbons (Fsp3) is 0.467. The predicted molar refractivity (Wildman–Crippen MR) is 83.0 cm³/mol. The van der Waals surface area contributed by atoms with E-state index >= 15 is 0 Å². The Morgan fingerprint density at radius 3 is 2.57 bits per heavy atom. The van der Waals surface area contributed by atoms with Gasteiger partial charge in [-0.1, -0.05) is 32.4 Å². The number of aromatic nitrogens is 3. The lowest BCUT2D eigenvalue weighted by molar-refractivity contribution is 0.283. The number of hydrogen-bond acceptors (Lipinski definition) is 3. The van der Waals surface area contributed by atoms with Crippen LogP contribution >= 0.6 is 11.6 Å². The first kappa shape index (κ1) is 15.6. The predicted octanol–water partition coefficient (Wildman–Crippen LogP) is 2.95. The van der Waals surface area contributed by atoms with E-state index in [-0.39, 0.29) is 17.7 Å². The highest BCUT2D eigenvalue weighted by atomic mass is 35.5. The summed E-state index contributed by atoms with van der Waals surface area (Å²) in [5.74, 6) is 1.31. The number of halogens is 1. The zero-order valence-corrected chi connectivity index (χ0v) is 13.7. The van der Waals surface area contributed by atoms with Gasteiger partial charge in [0.2, 0.25) is 0 Å². The van der Waals surface area contributed by atoms with E-state index in [1.165, 1.54) is 4.57 Å². The zero-order valence-electron chi connectivity index (χ0n) is 13.0. The van der Waals surface area contributed by atoms with E-state index in [0.717, 1.165) is 21.9 Å². The highest BCUT2D eigenvalue weighted by Crippen LogP contribution is 2.35. The molecule has 0 fully saturated rings. The van der Waals surface area contributed by atoms with Gasteiger partial charge in [0.05, 0.1) is 0 Å². The molecular formula is C15H20ClN3O2. The summed E-state index contributed by atoms with van der Waals surface area (Å²) in [5.41, 5.74) is 1.63. The van der Waals surface area contributed by atoms with E-state index in [9.17, 15) is 4.79 Å². The van der Waals surface area contributed by atoms with E-state index in [0.29, 0.717) is 5.82 Å². The average Bonchev–Trinajstić information content (AvgIpc) is 2.70. The highest BCUT2D eigenvalue weighted by Gasteiger charge is 2.21. The van der Waals surface area contributed by atoms with Gasteiger partial charge in [0.15, 0.2) is 5.82 Å². The lowest BCUT2D eigenvalue weighted by Crippen LogP contribution is -2.17. The third-order valence-corrected chi connectivity index (χ3v) is 3.81. The van der Waals surface area contributed by atoms with Crippen molar-refractivity contribution in [3.63, 3.8) is 0 Å². The minimum Gasteiger partial charge on any atom is -0.485 e. The summed E-state index contributed by atoms with van der Waals surface area (Å²) < 4.78 is 7.31. The summed E-state index contributed by atoms with van der Waals surface area (Å²) in [7, 11) is 1.66. The van der Waals surface area contributed by atoms with E-state index < -0.39 is 0 Å². The molecule has 0 saturated heterocycles. The van der Waals surface area contributed by atoms with Crippen LogP contribution in [0.1, 0.15) is 37.7 Å². The summed E-state index contributed by atoms with van der Waals surface area (Å²) in [4.78, 5) is 11.3. The number of H-pyrrole nitrogens is 1. The Labute approximate surface area is 128 Å². The molecule has 0 bridgehead atoms. The molecule has 1 aromatic carbocycles. The Morgan fingerprint density at radius 2 is 2.05 bits per heavy atom. The maximum absolute atomic E-state index is 11.3. The molecule has 0 amide bonds. The Kier molecular flexibility index (Phi) is 4.14. The molecule has 1 aromatic heterocycles. The van der Waals surface area contributed by atoms with Crippen molar-refractivity contribution >= 4 is 11.6 Å². The van der Waals surface area contributed by atoms with E-state index in [4.69, 9.17) is 16.3 Å². The number of aryl methyl sites for hydroxylation is 1. The molecule has 0 radical (unpaired) electrons. The number of benzene rings is 1. The molecule has 6 heteroatoms. The minimum absolute atomic E-state index is 0.0931. The van der Waals surface area contributed by atoms with Gasteiger partial charge in [0, 0.05) is 17.6 Å². The Balaban J connectivity index is 2.33. The van der Waals surface area contributed by atoms with Gasteiger partial charge in [0.1, 0.15) is 12.4 Å². The standard InChI is InChI=1S/C15H20ClN3O2/c1-9-6-12(10(7-11(9)16)15(2,3)4)21-8-13-17-18-14(20)19(13)5/h6-7H,8H2,1-5H3,(H,18,20). The van der Waals surface area contributed by atoms with Crippen molar-refractivity contribution in [3.8, 4) is 5.75 Å². The lowest BCUT2D eigenvalue weighted by Gasteiger charge is -2.23. The monoisotopic (exact) mass is 309 g/mol.